The molecule has 5 nitrogen and oxygen atoms in total. The number of rotatable bonds is 5. The zero-order valence-corrected chi connectivity index (χ0v) is 11.9. The molecule has 1 aliphatic heterocycles. The molecule has 6 heteroatoms. The molecule has 1 aromatic carbocycles. The number of benzene rings is 1. The van der Waals surface area contributed by atoms with E-state index in [0.717, 1.165) is 19.5 Å². The first-order chi connectivity index (χ1) is 9.13. The first kappa shape index (κ1) is 14.5. The summed E-state index contributed by atoms with van der Waals surface area (Å²) in [6, 6.07) is 8.47. The fourth-order valence-corrected chi connectivity index (χ4v) is 3.48. The van der Waals surface area contributed by atoms with Gasteiger partial charge in [-0.2, -0.15) is 4.72 Å². The number of hydrogen-bond donors (Lipinski definition) is 1. The van der Waals surface area contributed by atoms with Crippen LogP contribution in [0.1, 0.15) is 13.3 Å². The minimum atomic E-state index is -3.45. The topological polar surface area (TPSA) is 58.6 Å². The fourth-order valence-electron chi connectivity index (χ4n) is 2.15. The largest absolute Gasteiger partial charge is 0.379 e. The SMILES string of the molecule is CCC(NS(=O)(=O)c1ccccc1)N1CCOCC1. The van der Waals surface area contributed by atoms with E-state index in [1.54, 1.807) is 30.3 Å². The number of sulfonamides is 1. The minimum absolute atomic E-state index is 0.172. The summed E-state index contributed by atoms with van der Waals surface area (Å²) in [6.07, 6.45) is 0.556. The predicted molar refractivity (Wildman–Crippen MR) is 73.2 cm³/mol. The van der Waals surface area contributed by atoms with Crippen molar-refractivity contribution in [2.24, 2.45) is 0 Å². The van der Waals surface area contributed by atoms with Gasteiger partial charge in [0, 0.05) is 13.1 Å². The Balaban J connectivity index is 2.09. The van der Waals surface area contributed by atoms with E-state index in [9.17, 15) is 8.42 Å². The average Bonchev–Trinajstić information content (AvgIpc) is 2.47. The van der Waals surface area contributed by atoms with E-state index in [0.29, 0.717) is 18.1 Å². The van der Waals surface area contributed by atoms with Crippen molar-refractivity contribution in [1.82, 2.24) is 9.62 Å². The van der Waals surface area contributed by atoms with Crippen molar-refractivity contribution >= 4 is 10.0 Å². The van der Waals surface area contributed by atoms with Crippen molar-refractivity contribution < 1.29 is 13.2 Å². The molecule has 1 fully saturated rings. The van der Waals surface area contributed by atoms with Crippen LogP contribution in [-0.2, 0) is 14.8 Å². The van der Waals surface area contributed by atoms with Crippen LogP contribution in [0.25, 0.3) is 0 Å². The van der Waals surface area contributed by atoms with E-state index < -0.39 is 10.0 Å². The standard InChI is InChI=1S/C13H20N2O3S/c1-2-13(15-8-10-18-11-9-15)14-19(16,17)12-6-4-3-5-7-12/h3-7,13-14H,2,8-11H2,1H3. The summed E-state index contributed by atoms with van der Waals surface area (Å²) in [4.78, 5) is 2.42. The smallest absolute Gasteiger partial charge is 0.241 e. The van der Waals surface area contributed by atoms with Crippen LogP contribution in [0.15, 0.2) is 35.2 Å². The van der Waals surface area contributed by atoms with E-state index in [1.807, 2.05) is 6.92 Å². The van der Waals surface area contributed by atoms with Gasteiger partial charge in [-0.25, -0.2) is 8.42 Å². The summed E-state index contributed by atoms with van der Waals surface area (Å²) in [5, 5.41) is 0. The van der Waals surface area contributed by atoms with E-state index in [-0.39, 0.29) is 6.17 Å². The second-order valence-electron chi connectivity index (χ2n) is 4.51. The van der Waals surface area contributed by atoms with Crippen LogP contribution in [0.5, 0.6) is 0 Å². The average molecular weight is 284 g/mol. The molecule has 0 radical (unpaired) electrons. The molecule has 0 aromatic heterocycles. The molecule has 2 rings (SSSR count). The molecule has 106 valence electrons. The van der Waals surface area contributed by atoms with E-state index in [1.165, 1.54) is 0 Å². The minimum Gasteiger partial charge on any atom is -0.379 e. The van der Waals surface area contributed by atoms with Crippen molar-refractivity contribution in [1.29, 1.82) is 0 Å². The quantitative estimate of drug-likeness (QED) is 0.877. The molecule has 1 aromatic rings. The Hall–Kier alpha value is -0.950. The second-order valence-corrected chi connectivity index (χ2v) is 6.22. The summed E-state index contributed by atoms with van der Waals surface area (Å²) in [6.45, 7) is 4.81. The van der Waals surface area contributed by atoms with Gasteiger partial charge in [-0.05, 0) is 18.6 Å². The predicted octanol–water partition coefficient (Wildman–Crippen LogP) is 1.03. The lowest BCUT2D eigenvalue weighted by molar-refractivity contribution is 0.0133. The van der Waals surface area contributed by atoms with E-state index >= 15 is 0 Å². The molecule has 1 heterocycles. The van der Waals surface area contributed by atoms with Crippen LogP contribution in [0.4, 0.5) is 0 Å². The number of nitrogens with one attached hydrogen (secondary N) is 1. The Kier molecular flexibility index (Phi) is 4.93. The molecule has 0 aliphatic carbocycles. The summed E-state index contributed by atoms with van der Waals surface area (Å²) < 4.78 is 32.6. The highest BCUT2D eigenvalue weighted by atomic mass is 32.2. The Labute approximate surface area is 114 Å². The zero-order valence-electron chi connectivity index (χ0n) is 11.1. The Morgan fingerprint density at radius 3 is 2.47 bits per heavy atom. The van der Waals surface area contributed by atoms with Gasteiger partial charge in [0.05, 0.1) is 24.3 Å². The molecule has 19 heavy (non-hydrogen) atoms. The molecular formula is C13H20N2O3S. The summed E-state index contributed by atoms with van der Waals surface area (Å²) in [5.74, 6) is 0. The van der Waals surface area contributed by atoms with Gasteiger partial charge in [0.25, 0.3) is 0 Å². The molecule has 1 atom stereocenters. The molecule has 1 N–H and O–H groups in total. The molecule has 0 bridgehead atoms. The van der Waals surface area contributed by atoms with Crippen molar-refractivity contribution in [3.63, 3.8) is 0 Å². The maximum Gasteiger partial charge on any atom is 0.241 e. The van der Waals surface area contributed by atoms with E-state index in [2.05, 4.69) is 9.62 Å². The maximum atomic E-state index is 12.3. The Morgan fingerprint density at radius 2 is 1.89 bits per heavy atom. The molecule has 1 saturated heterocycles. The van der Waals surface area contributed by atoms with E-state index in [4.69, 9.17) is 4.74 Å². The number of ether oxygens (including phenoxy) is 1. The van der Waals surface area contributed by atoms with Gasteiger partial charge in [0.1, 0.15) is 0 Å². The highest BCUT2D eigenvalue weighted by molar-refractivity contribution is 7.89. The Bertz CT molecular complexity index is 484. The van der Waals surface area contributed by atoms with Crippen LogP contribution in [0.3, 0.4) is 0 Å². The monoisotopic (exact) mass is 284 g/mol. The fraction of sp³-hybridized carbons (Fsp3) is 0.538. The van der Waals surface area contributed by atoms with Gasteiger partial charge in [-0.3, -0.25) is 4.90 Å². The summed E-state index contributed by atoms with van der Waals surface area (Å²) in [7, 11) is -3.45. The molecule has 0 spiro atoms. The highest BCUT2D eigenvalue weighted by Crippen LogP contribution is 2.12. The number of hydrogen-bond acceptors (Lipinski definition) is 4. The maximum absolute atomic E-state index is 12.3. The Morgan fingerprint density at radius 1 is 1.26 bits per heavy atom. The van der Waals surface area contributed by atoms with Gasteiger partial charge >= 0.3 is 0 Å². The van der Waals surface area contributed by atoms with Crippen LogP contribution in [-0.4, -0.2) is 45.8 Å². The van der Waals surface area contributed by atoms with Crippen molar-refractivity contribution in [2.45, 2.75) is 24.4 Å². The molecule has 1 unspecified atom stereocenters. The second kappa shape index (κ2) is 6.47. The van der Waals surface area contributed by atoms with Crippen molar-refractivity contribution in [3.05, 3.63) is 30.3 Å². The molecule has 1 aliphatic rings. The lowest BCUT2D eigenvalue weighted by Gasteiger charge is -2.34. The van der Waals surface area contributed by atoms with Gasteiger partial charge < -0.3 is 4.74 Å². The van der Waals surface area contributed by atoms with Gasteiger partial charge in [0.15, 0.2) is 0 Å². The third-order valence-electron chi connectivity index (χ3n) is 3.22. The van der Waals surface area contributed by atoms with Crippen LogP contribution in [0, 0.1) is 0 Å². The normalized spacial score (nSPS) is 19.2. The molecule has 0 saturated carbocycles. The van der Waals surface area contributed by atoms with Gasteiger partial charge in [0.2, 0.25) is 10.0 Å². The van der Waals surface area contributed by atoms with Gasteiger partial charge in [-0.1, -0.05) is 25.1 Å². The summed E-state index contributed by atoms with van der Waals surface area (Å²) in [5.41, 5.74) is 0. The lowest BCUT2D eigenvalue weighted by Crippen LogP contribution is -2.51. The number of morpholine rings is 1. The third-order valence-corrected chi connectivity index (χ3v) is 4.69. The lowest BCUT2D eigenvalue weighted by atomic mass is 10.3. The molecular weight excluding hydrogens is 264 g/mol. The van der Waals surface area contributed by atoms with Crippen LogP contribution < -0.4 is 4.72 Å². The summed E-state index contributed by atoms with van der Waals surface area (Å²) >= 11 is 0. The zero-order chi connectivity index (χ0) is 13.7. The van der Waals surface area contributed by atoms with Crippen LogP contribution in [0.2, 0.25) is 0 Å². The molecule has 0 amide bonds. The number of nitrogens with zero attached hydrogens (tertiary/aromatic N) is 1. The first-order valence-electron chi connectivity index (χ1n) is 6.52. The highest BCUT2D eigenvalue weighted by Gasteiger charge is 2.24. The van der Waals surface area contributed by atoms with Crippen molar-refractivity contribution in [3.8, 4) is 0 Å². The van der Waals surface area contributed by atoms with Crippen LogP contribution >= 0.6 is 0 Å². The van der Waals surface area contributed by atoms with Gasteiger partial charge in [-0.15, -0.1) is 0 Å². The first-order valence-corrected chi connectivity index (χ1v) is 8.01. The van der Waals surface area contributed by atoms with Crippen molar-refractivity contribution in [2.75, 3.05) is 26.3 Å². The third kappa shape index (κ3) is 3.76.